The molecule has 1 aromatic carbocycles. The van der Waals surface area contributed by atoms with Crippen molar-refractivity contribution in [3.63, 3.8) is 0 Å². The lowest BCUT2D eigenvalue weighted by Crippen LogP contribution is -1.92. The molecular weight excluding hydrogens is 252 g/mol. The summed E-state index contributed by atoms with van der Waals surface area (Å²) in [6, 6.07) is 5.61. The highest BCUT2D eigenvalue weighted by molar-refractivity contribution is 5.90. The van der Waals surface area contributed by atoms with Crippen molar-refractivity contribution in [3.8, 4) is 16.9 Å². The van der Waals surface area contributed by atoms with Gasteiger partial charge in [-0.25, -0.2) is 0 Å². The molecule has 20 heavy (non-hydrogen) atoms. The molecule has 0 amide bonds. The number of aromatic nitrogens is 2. The minimum atomic E-state index is 0.259. The topological polar surface area (TPSA) is 59.2 Å². The van der Waals surface area contributed by atoms with Gasteiger partial charge >= 0.3 is 0 Å². The zero-order chi connectivity index (χ0) is 14.3. The van der Waals surface area contributed by atoms with Gasteiger partial charge in [0.2, 0.25) is 0 Å². The van der Waals surface area contributed by atoms with Crippen LogP contribution in [0.2, 0.25) is 0 Å². The van der Waals surface area contributed by atoms with E-state index in [1.165, 1.54) is 0 Å². The number of fused-ring (bicyclic) bond motifs is 1. The van der Waals surface area contributed by atoms with Crippen molar-refractivity contribution >= 4 is 10.9 Å². The van der Waals surface area contributed by atoms with E-state index in [1.54, 1.807) is 12.3 Å². The van der Waals surface area contributed by atoms with Gasteiger partial charge in [-0.2, -0.15) is 0 Å². The second-order valence-electron chi connectivity index (χ2n) is 4.91. The van der Waals surface area contributed by atoms with Crippen LogP contribution < -0.4 is 0 Å². The molecule has 0 atom stereocenters. The minimum absolute atomic E-state index is 0.259. The summed E-state index contributed by atoms with van der Waals surface area (Å²) in [7, 11) is 0. The average molecular weight is 268 g/mol. The van der Waals surface area contributed by atoms with Crippen molar-refractivity contribution in [1.82, 2.24) is 10.1 Å². The molecule has 0 spiro atoms. The fourth-order valence-electron chi connectivity index (χ4n) is 2.62. The van der Waals surface area contributed by atoms with Crippen molar-refractivity contribution in [1.29, 1.82) is 0 Å². The normalized spacial score (nSPS) is 11.2. The minimum Gasteiger partial charge on any atom is -0.507 e. The van der Waals surface area contributed by atoms with E-state index in [4.69, 9.17) is 4.52 Å². The van der Waals surface area contributed by atoms with Crippen LogP contribution in [0.5, 0.6) is 5.75 Å². The van der Waals surface area contributed by atoms with Gasteiger partial charge in [-0.1, -0.05) is 12.1 Å². The van der Waals surface area contributed by atoms with Gasteiger partial charge in [0.25, 0.3) is 0 Å². The monoisotopic (exact) mass is 268 g/mol. The Labute approximate surface area is 117 Å². The fourth-order valence-corrected chi connectivity index (χ4v) is 2.62. The highest BCUT2D eigenvalue weighted by atomic mass is 16.5. The predicted molar refractivity (Wildman–Crippen MR) is 77.8 cm³/mol. The summed E-state index contributed by atoms with van der Waals surface area (Å²) in [6.45, 7) is 5.94. The number of benzene rings is 1. The molecule has 1 N–H and O–H groups in total. The molecule has 0 saturated carbocycles. The maximum Gasteiger partial charge on any atom is 0.141 e. The second-order valence-corrected chi connectivity index (χ2v) is 4.91. The SMILES string of the molecule is CCc1cc2c(O)ccnc2cc1-c1c(C)noc1C. The van der Waals surface area contributed by atoms with Crippen LogP contribution in [0.4, 0.5) is 0 Å². The van der Waals surface area contributed by atoms with Gasteiger partial charge < -0.3 is 9.63 Å². The number of aromatic hydroxyl groups is 1. The molecule has 4 nitrogen and oxygen atoms in total. The van der Waals surface area contributed by atoms with Gasteiger partial charge in [0, 0.05) is 17.1 Å². The molecule has 0 aliphatic rings. The van der Waals surface area contributed by atoms with Crippen LogP contribution in [0.25, 0.3) is 22.0 Å². The number of pyridine rings is 1. The molecule has 0 aliphatic carbocycles. The van der Waals surface area contributed by atoms with Crippen LogP contribution >= 0.6 is 0 Å². The highest BCUT2D eigenvalue weighted by Gasteiger charge is 2.16. The van der Waals surface area contributed by atoms with Gasteiger partial charge in [0.05, 0.1) is 11.2 Å². The first-order chi connectivity index (χ1) is 9.61. The first-order valence-corrected chi connectivity index (χ1v) is 6.65. The van der Waals surface area contributed by atoms with Crippen LogP contribution in [-0.2, 0) is 6.42 Å². The maximum absolute atomic E-state index is 9.95. The molecule has 2 aromatic heterocycles. The molecule has 3 aromatic rings. The van der Waals surface area contributed by atoms with Crippen LogP contribution in [0, 0.1) is 13.8 Å². The Morgan fingerprint density at radius 1 is 1.25 bits per heavy atom. The molecule has 0 unspecified atom stereocenters. The number of hydrogen-bond acceptors (Lipinski definition) is 4. The Balaban J connectivity index is 2.36. The number of rotatable bonds is 2. The summed E-state index contributed by atoms with van der Waals surface area (Å²) in [5, 5.41) is 14.7. The van der Waals surface area contributed by atoms with E-state index >= 15 is 0 Å². The summed E-state index contributed by atoms with van der Waals surface area (Å²) in [5.74, 6) is 1.06. The highest BCUT2D eigenvalue weighted by Crippen LogP contribution is 2.34. The first-order valence-electron chi connectivity index (χ1n) is 6.65. The standard InChI is InChI=1S/C16H16N2O2/c1-4-11-7-13-14(17-6-5-15(13)19)8-12(11)16-9(2)18-20-10(16)3/h5-8H,4H2,1-3H3,(H,17,19). The number of aryl methyl sites for hydroxylation is 3. The predicted octanol–water partition coefficient (Wildman–Crippen LogP) is 3.77. The third kappa shape index (κ3) is 1.84. The van der Waals surface area contributed by atoms with E-state index in [-0.39, 0.29) is 5.75 Å². The lowest BCUT2D eigenvalue weighted by Gasteiger charge is -2.10. The van der Waals surface area contributed by atoms with E-state index < -0.39 is 0 Å². The second kappa shape index (κ2) is 4.63. The molecule has 4 heteroatoms. The number of hydrogen-bond donors (Lipinski definition) is 1. The molecule has 0 fully saturated rings. The van der Waals surface area contributed by atoms with E-state index in [0.717, 1.165) is 45.5 Å². The van der Waals surface area contributed by atoms with Crippen LogP contribution in [0.15, 0.2) is 28.9 Å². The molecule has 0 bridgehead atoms. The van der Waals surface area contributed by atoms with E-state index in [2.05, 4.69) is 17.1 Å². The Morgan fingerprint density at radius 2 is 2.05 bits per heavy atom. The van der Waals surface area contributed by atoms with Crippen molar-refractivity contribution in [2.75, 3.05) is 0 Å². The molecular formula is C16H16N2O2. The Kier molecular flexibility index (Phi) is 2.93. The lowest BCUT2D eigenvalue weighted by molar-refractivity contribution is 0.393. The maximum atomic E-state index is 9.95. The summed E-state index contributed by atoms with van der Waals surface area (Å²) in [6.07, 6.45) is 2.48. The van der Waals surface area contributed by atoms with Crippen molar-refractivity contribution < 1.29 is 9.63 Å². The molecule has 2 heterocycles. The van der Waals surface area contributed by atoms with Gasteiger partial charge in [-0.05, 0) is 49.6 Å². The molecule has 3 rings (SSSR count). The Bertz CT molecular complexity index is 771. The third-order valence-corrected chi connectivity index (χ3v) is 3.63. The van der Waals surface area contributed by atoms with Crippen molar-refractivity contribution in [2.24, 2.45) is 0 Å². The first kappa shape index (κ1) is 12.7. The average Bonchev–Trinajstić information content (AvgIpc) is 2.77. The largest absolute Gasteiger partial charge is 0.507 e. The summed E-state index contributed by atoms with van der Waals surface area (Å²) in [5.41, 5.74) is 4.90. The van der Waals surface area contributed by atoms with Gasteiger partial charge in [0.1, 0.15) is 11.5 Å². The zero-order valence-corrected chi connectivity index (χ0v) is 11.8. The van der Waals surface area contributed by atoms with E-state index in [1.807, 2.05) is 26.0 Å². The molecule has 102 valence electrons. The molecule has 0 saturated heterocycles. The summed E-state index contributed by atoms with van der Waals surface area (Å²) >= 11 is 0. The fraction of sp³-hybridized carbons (Fsp3) is 0.250. The Hall–Kier alpha value is -2.36. The van der Waals surface area contributed by atoms with E-state index in [9.17, 15) is 5.11 Å². The van der Waals surface area contributed by atoms with Crippen LogP contribution in [0.1, 0.15) is 23.9 Å². The molecule has 0 aliphatic heterocycles. The van der Waals surface area contributed by atoms with E-state index in [0.29, 0.717) is 0 Å². The molecule has 0 radical (unpaired) electrons. The van der Waals surface area contributed by atoms with Crippen LogP contribution in [-0.4, -0.2) is 15.2 Å². The third-order valence-electron chi connectivity index (χ3n) is 3.63. The number of nitrogens with zero attached hydrogens (tertiary/aromatic N) is 2. The summed E-state index contributed by atoms with van der Waals surface area (Å²) < 4.78 is 5.27. The van der Waals surface area contributed by atoms with Crippen molar-refractivity contribution in [2.45, 2.75) is 27.2 Å². The van der Waals surface area contributed by atoms with Gasteiger partial charge in [-0.15, -0.1) is 0 Å². The van der Waals surface area contributed by atoms with Crippen molar-refractivity contribution in [3.05, 3.63) is 41.4 Å². The lowest BCUT2D eigenvalue weighted by atomic mass is 9.94. The Morgan fingerprint density at radius 3 is 2.70 bits per heavy atom. The van der Waals surface area contributed by atoms with Gasteiger partial charge in [0.15, 0.2) is 0 Å². The van der Waals surface area contributed by atoms with Gasteiger partial charge in [-0.3, -0.25) is 4.98 Å². The summed E-state index contributed by atoms with van der Waals surface area (Å²) in [4.78, 5) is 4.34. The quantitative estimate of drug-likeness (QED) is 0.768. The van der Waals surface area contributed by atoms with Crippen LogP contribution in [0.3, 0.4) is 0 Å². The zero-order valence-electron chi connectivity index (χ0n) is 11.8. The smallest absolute Gasteiger partial charge is 0.141 e.